The number of amides is 2. The molecule has 0 aliphatic carbocycles. The zero-order valence-corrected chi connectivity index (χ0v) is 35.7. The summed E-state index contributed by atoms with van der Waals surface area (Å²) in [5.74, 6) is -1.63. The van der Waals surface area contributed by atoms with Gasteiger partial charge in [0.2, 0.25) is 0 Å². The van der Waals surface area contributed by atoms with Crippen molar-refractivity contribution in [1.29, 1.82) is 0 Å². The Kier molecular flexibility index (Phi) is 11.2. The molecule has 3 aromatic carbocycles. The number of hydrogen-bond acceptors (Lipinski definition) is 10. The highest BCUT2D eigenvalue weighted by atomic mass is 35.5. The van der Waals surface area contributed by atoms with Crippen LogP contribution in [0.15, 0.2) is 67.8 Å². The van der Waals surface area contributed by atoms with E-state index in [9.17, 15) is 35.5 Å². The summed E-state index contributed by atoms with van der Waals surface area (Å²) in [7, 11) is -9.52. The van der Waals surface area contributed by atoms with Gasteiger partial charge in [0.15, 0.2) is 33.9 Å². The molecular formula is C37H30Cl4N6O10S2. The first-order valence-electron chi connectivity index (χ1n) is 17.3. The summed E-state index contributed by atoms with van der Waals surface area (Å²) >= 11 is 25.2. The molecule has 0 unspecified atom stereocenters. The van der Waals surface area contributed by atoms with Crippen molar-refractivity contribution in [2.24, 2.45) is 0 Å². The molecule has 0 aliphatic rings. The molecule has 0 aliphatic heterocycles. The molecule has 16 nitrogen and oxygen atoms in total. The lowest BCUT2D eigenvalue weighted by molar-refractivity contribution is 0.0946. The van der Waals surface area contributed by atoms with Crippen molar-refractivity contribution in [3.63, 3.8) is 0 Å². The van der Waals surface area contributed by atoms with Gasteiger partial charge in [-0.15, -0.1) is 0 Å². The molecule has 7 aromatic rings. The number of aryl methyl sites for hydroxylation is 2. The van der Waals surface area contributed by atoms with Crippen LogP contribution in [-0.4, -0.2) is 70.4 Å². The van der Waals surface area contributed by atoms with Crippen LogP contribution in [0.25, 0.3) is 49.4 Å². The Morgan fingerprint density at radius 3 is 1.71 bits per heavy atom. The minimum absolute atomic E-state index is 0.00216. The summed E-state index contributed by atoms with van der Waals surface area (Å²) in [6, 6.07) is 12.2. The lowest BCUT2D eigenvalue weighted by Crippen LogP contribution is -2.30. The van der Waals surface area contributed by atoms with E-state index in [4.69, 9.17) is 55.2 Å². The fourth-order valence-corrected chi connectivity index (χ4v) is 9.44. The number of hydrogen-bond donors (Lipinski definition) is 4. The molecule has 4 N–H and O–H groups in total. The standard InChI is InChI=1S/C37H30Cl4N6O10S2/c1-16(2)34(58(50,51)52)30-18(4)28-32(56-30)26(44-46(28)24-10-7-19(38)14-22(24)40)36(48)42-12-5-13-43-37(49)27-33-29(47(45-27)25-11-8-20(39)15-23(25)41)21-9-6-17(3)35(31(21)57-33)59(53,54)55/h6-11,14-15H,5,12-13H2,1-4H3,(H,42,48)(H,43,49)(H,50,51,52)(H,53,54,55). The summed E-state index contributed by atoms with van der Waals surface area (Å²) in [5.41, 5.74) is 0.835. The molecule has 0 atom stereocenters. The minimum atomic E-state index is -4.76. The summed E-state index contributed by atoms with van der Waals surface area (Å²) in [6.45, 7) is 5.97. The minimum Gasteiger partial charge on any atom is -0.451 e. The largest absolute Gasteiger partial charge is 0.451 e. The van der Waals surface area contributed by atoms with Gasteiger partial charge in [0.05, 0.1) is 21.4 Å². The molecule has 0 radical (unpaired) electrons. The van der Waals surface area contributed by atoms with Crippen LogP contribution in [0, 0.1) is 13.8 Å². The normalized spacial score (nSPS) is 12.2. The van der Waals surface area contributed by atoms with Crippen molar-refractivity contribution in [3.8, 4) is 11.4 Å². The second-order valence-corrected chi connectivity index (χ2v) is 17.9. The van der Waals surface area contributed by atoms with Crippen LogP contribution >= 0.6 is 46.4 Å². The van der Waals surface area contributed by atoms with Crippen LogP contribution in [0.4, 0.5) is 0 Å². The number of benzene rings is 3. The number of aromatic nitrogens is 4. The predicted octanol–water partition coefficient (Wildman–Crippen LogP) is 8.37. The van der Waals surface area contributed by atoms with Crippen molar-refractivity contribution < 1.29 is 44.4 Å². The first-order valence-corrected chi connectivity index (χ1v) is 21.6. The highest BCUT2D eigenvalue weighted by Gasteiger charge is 2.32. The first-order chi connectivity index (χ1) is 27.7. The summed E-state index contributed by atoms with van der Waals surface area (Å²) in [4.78, 5) is 26.4. The molecule has 2 amide bonds. The maximum atomic E-state index is 13.7. The molecule has 308 valence electrons. The van der Waals surface area contributed by atoms with E-state index in [0.717, 1.165) is 0 Å². The van der Waals surface area contributed by atoms with E-state index >= 15 is 0 Å². The number of carbonyl (C=O) groups excluding carboxylic acids is 2. The Hall–Kier alpha value is -4.92. The molecule has 0 fully saturated rings. The molecule has 4 aromatic heterocycles. The third kappa shape index (κ3) is 7.70. The Morgan fingerprint density at radius 1 is 0.729 bits per heavy atom. The van der Waals surface area contributed by atoms with Crippen LogP contribution in [-0.2, 0) is 20.2 Å². The average molecular weight is 925 g/mol. The molecule has 0 saturated carbocycles. The van der Waals surface area contributed by atoms with Gasteiger partial charge in [0.1, 0.15) is 20.8 Å². The van der Waals surface area contributed by atoms with E-state index in [1.54, 1.807) is 37.3 Å². The van der Waals surface area contributed by atoms with Gasteiger partial charge in [-0.25, -0.2) is 9.36 Å². The number of nitrogens with one attached hydrogen (secondary N) is 2. The van der Waals surface area contributed by atoms with Gasteiger partial charge in [-0.1, -0.05) is 58.0 Å². The molecule has 22 heteroatoms. The molecular weight excluding hydrogens is 894 g/mol. The van der Waals surface area contributed by atoms with Crippen LogP contribution < -0.4 is 10.6 Å². The van der Waals surface area contributed by atoms with Crippen molar-refractivity contribution in [3.05, 3.63) is 102 Å². The van der Waals surface area contributed by atoms with Crippen molar-refractivity contribution in [1.82, 2.24) is 30.2 Å². The number of furan rings is 2. The lowest BCUT2D eigenvalue weighted by Gasteiger charge is -2.08. The van der Waals surface area contributed by atoms with Gasteiger partial charge in [-0.2, -0.15) is 27.0 Å². The maximum Gasteiger partial charge on any atom is 0.298 e. The zero-order chi connectivity index (χ0) is 42.9. The van der Waals surface area contributed by atoms with E-state index < -0.39 is 41.9 Å². The first kappa shape index (κ1) is 42.2. The van der Waals surface area contributed by atoms with Gasteiger partial charge < -0.3 is 19.5 Å². The highest BCUT2D eigenvalue weighted by Crippen LogP contribution is 2.40. The Morgan fingerprint density at radius 2 is 1.24 bits per heavy atom. The Bertz CT molecular complexity index is 3180. The fourth-order valence-electron chi connectivity index (χ4n) is 6.65. The number of fused-ring (bicyclic) bond motifs is 4. The van der Waals surface area contributed by atoms with Crippen molar-refractivity contribution >= 4 is 117 Å². The van der Waals surface area contributed by atoms with E-state index in [0.29, 0.717) is 21.4 Å². The van der Waals surface area contributed by atoms with Crippen LogP contribution in [0.1, 0.15) is 58.1 Å². The monoisotopic (exact) mass is 922 g/mol. The SMILES string of the molecule is CC(C)=C(c1oc2c(C(=O)NCCCNC(=O)c3nn(-c4ccc(Cl)cc4Cl)c4c3oc3c(S(=O)(=O)O)c(C)ccc34)nn(-c3ccc(Cl)cc3Cl)c2c1C)S(=O)(=O)O. The molecule has 7 rings (SSSR count). The third-order valence-corrected chi connectivity index (χ3v) is 12.4. The molecule has 0 saturated heterocycles. The van der Waals surface area contributed by atoms with Crippen molar-refractivity contribution in [2.45, 2.75) is 39.0 Å². The lowest BCUT2D eigenvalue weighted by atomic mass is 10.1. The van der Waals surface area contributed by atoms with E-state index in [1.165, 1.54) is 48.3 Å². The molecule has 0 spiro atoms. The third-order valence-electron chi connectivity index (χ3n) is 9.16. The number of allylic oxidation sites excluding steroid dienone is 1. The Balaban J connectivity index is 1.16. The van der Waals surface area contributed by atoms with Gasteiger partial charge in [0, 0.05) is 34.1 Å². The zero-order valence-electron chi connectivity index (χ0n) is 31.0. The second-order valence-electron chi connectivity index (χ2n) is 13.5. The second kappa shape index (κ2) is 15.6. The van der Waals surface area contributed by atoms with Crippen LogP contribution in [0.2, 0.25) is 20.1 Å². The topological polar surface area (TPSA) is 229 Å². The van der Waals surface area contributed by atoms with Crippen molar-refractivity contribution in [2.75, 3.05) is 13.1 Å². The molecule has 4 heterocycles. The Labute approximate surface area is 355 Å². The van der Waals surface area contributed by atoms with E-state index in [-0.39, 0.29) is 96.6 Å². The van der Waals surface area contributed by atoms with Gasteiger partial charge in [-0.05, 0) is 82.1 Å². The number of carbonyl (C=O) groups is 2. The quantitative estimate of drug-likeness (QED) is 0.0709. The number of rotatable bonds is 11. The molecule has 59 heavy (non-hydrogen) atoms. The fraction of sp³-hybridized carbons (Fsp3) is 0.189. The molecule has 0 bridgehead atoms. The van der Waals surface area contributed by atoms with E-state index in [2.05, 4.69) is 20.8 Å². The maximum absolute atomic E-state index is 13.7. The summed E-state index contributed by atoms with van der Waals surface area (Å²) in [6.07, 6.45) is 0.177. The van der Waals surface area contributed by atoms with Gasteiger partial charge >= 0.3 is 0 Å². The van der Waals surface area contributed by atoms with Crippen LogP contribution in [0.3, 0.4) is 0 Å². The highest BCUT2D eigenvalue weighted by molar-refractivity contribution is 7.95. The summed E-state index contributed by atoms with van der Waals surface area (Å²) < 4.78 is 84.3. The van der Waals surface area contributed by atoms with E-state index in [1.807, 2.05) is 0 Å². The predicted molar refractivity (Wildman–Crippen MR) is 223 cm³/mol. The average Bonchev–Trinajstić information content (AvgIpc) is 3.87. The number of nitrogens with zero attached hydrogens (tertiary/aromatic N) is 4. The summed E-state index contributed by atoms with van der Waals surface area (Å²) in [5, 5.41) is 15.5. The van der Waals surface area contributed by atoms with Gasteiger partial charge in [-0.3, -0.25) is 18.7 Å². The number of halogens is 4. The smallest absolute Gasteiger partial charge is 0.298 e. The van der Waals surface area contributed by atoms with Gasteiger partial charge in [0.25, 0.3) is 32.1 Å². The van der Waals surface area contributed by atoms with Crippen LogP contribution in [0.5, 0.6) is 0 Å².